The summed E-state index contributed by atoms with van der Waals surface area (Å²) < 4.78 is 44.9. The van der Waals surface area contributed by atoms with Gasteiger partial charge in [-0.05, 0) is 78.3 Å². The van der Waals surface area contributed by atoms with Gasteiger partial charge in [0.05, 0.1) is 10.5 Å². The summed E-state index contributed by atoms with van der Waals surface area (Å²) in [6.45, 7) is 0.259. The van der Waals surface area contributed by atoms with E-state index in [1.54, 1.807) is 0 Å². The maximum absolute atomic E-state index is 13.0. The molecule has 226 valence electrons. The number of hydrogen-bond donors (Lipinski definition) is 1. The van der Waals surface area contributed by atoms with E-state index in [2.05, 4.69) is 68.7 Å². The zero-order chi connectivity index (χ0) is 30.9. The van der Waals surface area contributed by atoms with Crippen LogP contribution in [-0.4, -0.2) is 30.5 Å². The van der Waals surface area contributed by atoms with Crippen LogP contribution in [0.4, 0.5) is 5.13 Å². The summed E-state index contributed by atoms with van der Waals surface area (Å²) in [5.74, 6) is 1.45. The summed E-state index contributed by atoms with van der Waals surface area (Å²) in [7, 11) is -3.97. The molecule has 3 aliphatic carbocycles. The molecule has 0 aliphatic heterocycles. The molecule has 8 nitrogen and oxygen atoms in total. The quantitative estimate of drug-likeness (QED) is 0.166. The van der Waals surface area contributed by atoms with Gasteiger partial charge in [-0.15, -0.1) is 0 Å². The predicted octanol–water partition coefficient (Wildman–Crippen LogP) is 7.04. The molecule has 1 N–H and O–H groups in total. The monoisotopic (exact) mass is 634 g/mol. The summed E-state index contributed by atoms with van der Waals surface area (Å²) >= 11 is 0.928. The van der Waals surface area contributed by atoms with Crippen LogP contribution in [0.15, 0.2) is 108 Å². The van der Waals surface area contributed by atoms with Gasteiger partial charge in [-0.3, -0.25) is 4.72 Å². The first-order valence-corrected chi connectivity index (χ1v) is 17.1. The van der Waals surface area contributed by atoms with Crippen molar-refractivity contribution in [2.75, 3.05) is 11.3 Å². The lowest BCUT2D eigenvalue weighted by Crippen LogP contribution is -2.41. The smallest absolute Gasteiger partial charge is 0.263 e. The summed E-state index contributed by atoms with van der Waals surface area (Å²) in [5.41, 5.74) is 5.56. The highest BCUT2D eigenvalue weighted by Gasteiger charge is 2.47. The maximum Gasteiger partial charge on any atom is 0.263 e. The molecule has 1 atom stereocenters. The fourth-order valence-corrected chi connectivity index (χ4v) is 8.57. The lowest BCUT2D eigenvalue weighted by Gasteiger charge is -2.50. The SMILES string of the molecule is N#Cc1cc(S(=O)(=O)Nc2ncns2)ccc1OC(CCC12CCC(c3ccccc31)c1ccccc12)COc1ccccc1. The van der Waals surface area contributed by atoms with Gasteiger partial charge in [0.15, 0.2) is 0 Å². The number of benzene rings is 4. The number of rotatable bonds is 11. The van der Waals surface area contributed by atoms with E-state index in [0.717, 1.165) is 36.5 Å². The van der Waals surface area contributed by atoms with Crippen LogP contribution in [0.25, 0.3) is 0 Å². The van der Waals surface area contributed by atoms with E-state index >= 15 is 0 Å². The first-order chi connectivity index (χ1) is 22.0. The second kappa shape index (κ2) is 12.0. The first kappa shape index (κ1) is 29.0. The molecule has 0 saturated carbocycles. The fourth-order valence-electron chi connectivity index (χ4n) is 6.88. The van der Waals surface area contributed by atoms with Crippen molar-refractivity contribution < 1.29 is 17.9 Å². The second-order valence-corrected chi connectivity index (χ2v) is 13.8. The number of sulfonamides is 1. The predicted molar refractivity (Wildman–Crippen MR) is 172 cm³/mol. The molecule has 1 aromatic heterocycles. The van der Waals surface area contributed by atoms with E-state index in [1.807, 2.05) is 30.3 Å². The Morgan fingerprint density at radius 3 is 2.38 bits per heavy atom. The zero-order valence-corrected chi connectivity index (χ0v) is 25.9. The van der Waals surface area contributed by atoms with Crippen LogP contribution in [0.3, 0.4) is 0 Å². The third-order valence-corrected chi connectivity index (χ3v) is 10.9. The van der Waals surface area contributed by atoms with Crippen molar-refractivity contribution in [2.24, 2.45) is 0 Å². The van der Waals surface area contributed by atoms with E-state index < -0.39 is 16.1 Å². The Balaban J connectivity index is 1.18. The summed E-state index contributed by atoms with van der Waals surface area (Å²) in [5, 5.41) is 10.2. The number of aromatic nitrogens is 2. The lowest BCUT2D eigenvalue weighted by molar-refractivity contribution is 0.111. The van der Waals surface area contributed by atoms with Crippen molar-refractivity contribution >= 4 is 26.7 Å². The molecule has 0 spiro atoms. The number of nitriles is 1. The zero-order valence-electron chi connectivity index (χ0n) is 24.3. The van der Waals surface area contributed by atoms with E-state index in [9.17, 15) is 13.7 Å². The minimum absolute atomic E-state index is 0.0650. The standard InChI is InChI=1S/C35H30N4O4S2/c36-21-24-20-27(45(40,41)39-34-37-23-38-44-34)14-15-33(24)43-26(22-42-25-8-2-1-3-9-25)16-18-35-19-17-28(29-10-4-6-12-31(29)35)30-11-5-7-13-32(30)35/h1-15,20,23,26,28H,16-19,22H2,(H,37,38,39). The highest BCUT2D eigenvalue weighted by Crippen LogP contribution is 2.58. The maximum atomic E-state index is 13.0. The van der Waals surface area contributed by atoms with Gasteiger partial charge in [0, 0.05) is 22.9 Å². The minimum atomic E-state index is -3.97. The van der Waals surface area contributed by atoms with Crippen LogP contribution in [0.2, 0.25) is 0 Å². The average Bonchev–Trinajstić information content (AvgIpc) is 3.59. The normalized spacial score (nSPS) is 18.7. The molecule has 0 saturated heterocycles. The fraction of sp³-hybridized carbons (Fsp3) is 0.229. The Kier molecular flexibility index (Phi) is 7.73. The number of hydrogen-bond acceptors (Lipinski definition) is 8. The average molecular weight is 635 g/mol. The van der Waals surface area contributed by atoms with E-state index in [1.165, 1.54) is 46.8 Å². The largest absolute Gasteiger partial charge is 0.490 e. The van der Waals surface area contributed by atoms with Crippen molar-refractivity contribution in [2.45, 2.75) is 48.0 Å². The van der Waals surface area contributed by atoms with Gasteiger partial charge >= 0.3 is 0 Å². The van der Waals surface area contributed by atoms with Gasteiger partial charge < -0.3 is 9.47 Å². The van der Waals surface area contributed by atoms with Crippen LogP contribution >= 0.6 is 11.5 Å². The third kappa shape index (κ3) is 5.54. The molecule has 0 radical (unpaired) electrons. The Morgan fingerprint density at radius 2 is 1.69 bits per heavy atom. The van der Waals surface area contributed by atoms with Crippen molar-refractivity contribution in [1.82, 2.24) is 9.36 Å². The lowest BCUT2D eigenvalue weighted by atomic mass is 9.54. The van der Waals surface area contributed by atoms with Gasteiger partial charge in [-0.25, -0.2) is 13.4 Å². The van der Waals surface area contributed by atoms with Crippen molar-refractivity contribution in [3.8, 4) is 17.6 Å². The topological polar surface area (TPSA) is 114 Å². The summed E-state index contributed by atoms with van der Waals surface area (Å²) in [6.07, 6.45) is 4.50. The Labute approximate surface area is 266 Å². The van der Waals surface area contributed by atoms with Crippen LogP contribution in [0.5, 0.6) is 11.5 Å². The molecule has 1 heterocycles. The Hall–Kier alpha value is -4.72. The second-order valence-electron chi connectivity index (χ2n) is 11.4. The summed E-state index contributed by atoms with van der Waals surface area (Å²) in [4.78, 5) is 3.82. The molecule has 5 aromatic rings. The highest BCUT2D eigenvalue weighted by molar-refractivity contribution is 7.93. The van der Waals surface area contributed by atoms with Crippen molar-refractivity contribution in [1.29, 1.82) is 5.26 Å². The molecular weight excluding hydrogens is 605 g/mol. The molecule has 4 aromatic carbocycles. The van der Waals surface area contributed by atoms with Crippen LogP contribution < -0.4 is 14.2 Å². The summed E-state index contributed by atoms with van der Waals surface area (Å²) in [6, 6.07) is 33.6. The minimum Gasteiger partial charge on any atom is -0.490 e. The van der Waals surface area contributed by atoms with Gasteiger partial charge in [-0.1, -0.05) is 66.7 Å². The van der Waals surface area contributed by atoms with Crippen molar-refractivity contribution in [3.05, 3.63) is 131 Å². The third-order valence-electron chi connectivity index (χ3n) is 8.89. The number of para-hydroxylation sites is 1. The van der Waals surface area contributed by atoms with Gasteiger partial charge in [-0.2, -0.15) is 9.64 Å². The molecule has 2 bridgehead atoms. The molecule has 45 heavy (non-hydrogen) atoms. The number of fused-ring (bicyclic) bond motifs is 1. The Morgan fingerprint density at radius 1 is 0.978 bits per heavy atom. The van der Waals surface area contributed by atoms with E-state index in [0.29, 0.717) is 18.1 Å². The molecule has 0 fully saturated rings. The number of anilines is 1. The molecule has 8 rings (SSSR count). The molecule has 3 aliphatic rings. The number of nitrogens with zero attached hydrogens (tertiary/aromatic N) is 3. The first-order valence-electron chi connectivity index (χ1n) is 14.8. The number of nitrogens with one attached hydrogen (secondary N) is 1. The van der Waals surface area contributed by atoms with Crippen LogP contribution in [-0.2, 0) is 15.4 Å². The molecule has 1 unspecified atom stereocenters. The van der Waals surface area contributed by atoms with Gasteiger partial charge in [0.2, 0.25) is 5.13 Å². The molecule has 0 amide bonds. The van der Waals surface area contributed by atoms with E-state index in [4.69, 9.17) is 9.47 Å². The van der Waals surface area contributed by atoms with Gasteiger partial charge in [0.25, 0.3) is 10.0 Å². The van der Waals surface area contributed by atoms with Crippen molar-refractivity contribution in [3.63, 3.8) is 0 Å². The Bertz CT molecular complexity index is 1930. The van der Waals surface area contributed by atoms with Gasteiger partial charge in [0.1, 0.15) is 36.6 Å². The van der Waals surface area contributed by atoms with E-state index in [-0.39, 0.29) is 27.6 Å². The molecular formula is C35H30N4O4S2. The number of ether oxygens (including phenoxy) is 2. The van der Waals surface area contributed by atoms with Crippen LogP contribution in [0, 0.1) is 11.3 Å². The van der Waals surface area contributed by atoms with Crippen LogP contribution in [0.1, 0.15) is 59.4 Å². The highest BCUT2D eigenvalue weighted by atomic mass is 32.2. The molecule has 10 heteroatoms.